The Balaban J connectivity index is 2.23. The van der Waals surface area contributed by atoms with Gasteiger partial charge in [-0.2, -0.15) is 5.10 Å². The van der Waals surface area contributed by atoms with Crippen LogP contribution in [-0.4, -0.2) is 22.9 Å². The molecule has 1 aromatic rings. The summed E-state index contributed by atoms with van der Waals surface area (Å²) in [4.78, 5) is 0. The molecule has 1 heterocycles. The van der Waals surface area contributed by atoms with E-state index in [-0.39, 0.29) is 0 Å². The largest absolute Gasteiger partial charge is 0.317 e. The van der Waals surface area contributed by atoms with Crippen LogP contribution >= 0.6 is 11.6 Å². The van der Waals surface area contributed by atoms with Crippen molar-refractivity contribution in [2.45, 2.75) is 52.5 Å². The predicted octanol–water partition coefficient (Wildman–Crippen LogP) is 3.69. The monoisotopic (exact) mass is 283 g/mol. The Bertz CT molecular complexity index is 400. The molecule has 0 radical (unpaired) electrons. The van der Waals surface area contributed by atoms with Gasteiger partial charge in [0.1, 0.15) is 0 Å². The molecule has 1 aliphatic rings. The van der Waals surface area contributed by atoms with E-state index in [1.807, 2.05) is 6.20 Å². The van der Waals surface area contributed by atoms with Crippen LogP contribution in [0.2, 0.25) is 5.02 Å². The Morgan fingerprint density at radius 2 is 2.21 bits per heavy atom. The Labute approximate surface area is 121 Å². The molecule has 1 aromatic heterocycles. The molecule has 0 bridgehead atoms. The first-order chi connectivity index (χ1) is 9.17. The number of nitrogens with zero attached hydrogens (tertiary/aromatic N) is 2. The Morgan fingerprint density at radius 1 is 1.42 bits per heavy atom. The summed E-state index contributed by atoms with van der Waals surface area (Å²) in [6, 6.07) is 0. The first kappa shape index (κ1) is 14.9. The number of rotatable bonds is 5. The Hall–Kier alpha value is -0.540. The second-order valence-corrected chi connectivity index (χ2v) is 6.19. The van der Waals surface area contributed by atoms with Crippen molar-refractivity contribution in [3.63, 3.8) is 0 Å². The summed E-state index contributed by atoms with van der Waals surface area (Å²) in [5, 5.41) is 8.77. The minimum absolute atomic E-state index is 0.553. The third kappa shape index (κ3) is 3.32. The summed E-state index contributed by atoms with van der Waals surface area (Å²) >= 11 is 6.40. The highest BCUT2D eigenvalue weighted by molar-refractivity contribution is 6.31. The van der Waals surface area contributed by atoms with Gasteiger partial charge in [0.25, 0.3) is 0 Å². The molecule has 0 saturated heterocycles. The molecule has 1 aliphatic carbocycles. The van der Waals surface area contributed by atoms with Crippen molar-refractivity contribution in [1.82, 2.24) is 15.1 Å². The molecule has 1 N–H and O–H groups in total. The first-order valence-corrected chi connectivity index (χ1v) is 7.97. The SMILES string of the molecule is CCNCC1CCC(C)CC1c1c(Cl)cnn1CC. The van der Waals surface area contributed by atoms with E-state index in [1.165, 1.54) is 25.0 Å². The van der Waals surface area contributed by atoms with Gasteiger partial charge in [0.15, 0.2) is 0 Å². The molecule has 3 nitrogen and oxygen atoms in total. The molecule has 3 unspecified atom stereocenters. The van der Waals surface area contributed by atoms with Crippen molar-refractivity contribution >= 4 is 11.6 Å². The summed E-state index contributed by atoms with van der Waals surface area (Å²) in [6.45, 7) is 9.71. The average Bonchev–Trinajstić information content (AvgIpc) is 2.78. The fourth-order valence-electron chi connectivity index (χ4n) is 3.35. The zero-order valence-corrected chi connectivity index (χ0v) is 13.1. The van der Waals surface area contributed by atoms with Crippen LogP contribution in [0.15, 0.2) is 6.20 Å². The number of aryl methyl sites for hydroxylation is 1. The molecule has 0 aliphatic heterocycles. The average molecular weight is 284 g/mol. The molecular weight excluding hydrogens is 258 g/mol. The van der Waals surface area contributed by atoms with Gasteiger partial charge in [-0.25, -0.2) is 0 Å². The van der Waals surface area contributed by atoms with Crippen LogP contribution in [0.25, 0.3) is 0 Å². The summed E-state index contributed by atoms with van der Waals surface area (Å²) in [5.41, 5.74) is 1.26. The van der Waals surface area contributed by atoms with Crippen LogP contribution in [0.5, 0.6) is 0 Å². The van der Waals surface area contributed by atoms with Gasteiger partial charge >= 0.3 is 0 Å². The lowest BCUT2D eigenvalue weighted by Crippen LogP contribution is -2.32. The van der Waals surface area contributed by atoms with Gasteiger partial charge < -0.3 is 5.32 Å². The predicted molar refractivity (Wildman–Crippen MR) is 80.7 cm³/mol. The van der Waals surface area contributed by atoms with Crippen LogP contribution in [0.1, 0.15) is 51.6 Å². The zero-order valence-electron chi connectivity index (χ0n) is 12.3. The molecule has 4 heteroatoms. The van der Waals surface area contributed by atoms with E-state index < -0.39 is 0 Å². The van der Waals surface area contributed by atoms with Crippen LogP contribution in [0, 0.1) is 11.8 Å². The second-order valence-electron chi connectivity index (χ2n) is 5.79. The summed E-state index contributed by atoms with van der Waals surface area (Å²) in [7, 11) is 0. The third-order valence-corrected chi connectivity index (χ3v) is 4.69. The standard InChI is InChI=1S/C15H26ClN3/c1-4-17-9-12-7-6-11(3)8-13(12)15-14(16)10-18-19(15)5-2/h10-13,17H,4-9H2,1-3H3. The highest BCUT2D eigenvalue weighted by atomic mass is 35.5. The number of hydrogen-bond donors (Lipinski definition) is 1. The lowest BCUT2D eigenvalue weighted by molar-refractivity contribution is 0.234. The highest BCUT2D eigenvalue weighted by Gasteiger charge is 2.33. The third-order valence-electron chi connectivity index (χ3n) is 4.40. The van der Waals surface area contributed by atoms with Crippen LogP contribution in [-0.2, 0) is 6.54 Å². The van der Waals surface area contributed by atoms with Crippen molar-refractivity contribution in [3.8, 4) is 0 Å². The minimum atomic E-state index is 0.553. The molecule has 108 valence electrons. The van der Waals surface area contributed by atoms with Crippen molar-refractivity contribution in [1.29, 1.82) is 0 Å². The van der Waals surface area contributed by atoms with E-state index in [0.717, 1.165) is 30.6 Å². The molecule has 19 heavy (non-hydrogen) atoms. The van der Waals surface area contributed by atoms with Gasteiger partial charge in [0.05, 0.1) is 16.9 Å². The number of aromatic nitrogens is 2. The second kappa shape index (κ2) is 6.76. The molecule has 2 rings (SSSR count). The maximum absolute atomic E-state index is 6.40. The van der Waals surface area contributed by atoms with Gasteiger partial charge in [-0.1, -0.05) is 31.9 Å². The van der Waals surface area contributed by atoms with Crippen molar-refractivity contribution in [2.75, 3.05) is 13.1 Å². The van der Waals surface area contributed by atoms with Gasteiger partial charge in [0, 0.05) is 12.5 Å². The van der Waals surface area contributed by atoms with E-state index in [0.29, 0.717) is 11.8 Å². The van der Waals surface area contributed by atoms with Gasteiger partial charge in [0.2, 0.25) is 0 Å². The Morgan fingerprint density at radius 3 is 2.89 bits per heavy atom. The van der Waals surface area contributed by atoms with Gasteiger partial charge in [-0.3, -0.25) is 4.68 Å². The molecule has 0 amide bonds. The molecule has 1 fully saturated rings. The van der Waals surface area contributed by atoms with Crippen LogP contribution in [0.3, 0.4) is 0 Å². The fraction of sp³-hybridized carbons (Fsp3) is 0.800. The summed E-state index contributed by atoms with van der Waals surface area (Å²) in [6.07, 6.45) is 5.68. The van der Waals surface area contributed by atoms with E-state index >= 15 is 0 Å². The molecule has 3 atom stereocenters. The number of nitrogens with one attached hydrogen (secondary N) is 1. The lowest BCUT2D eigenvalue weighted by atomic mass is 9.73. The smallest absolute Gasteiger partial charge is 0.0820 e. The number of hydrogen-bond acceptors (Lipinski definition) is 2. The quantitative estimate of drug-likeness (QED) is 0.893. The van der Waals surface area contributed by atoms with E-state index in [9.17, 15) is 0 Å². The zero-order chi connectivity index (χ0) is 13.8. The first-order valence-electron chi connectivity index (χ1n) is 7.59. The highest BCUT2D eigenvalue weighted by Crippen LogP contribution is 2.42. The van der Waals surface area contributed by atoms with E-state index in [2.05, 4.69) is 35.9 Å². The van der Waals surface area contributed by atoms with Crippen LogP contribution < -0.4 is 5.32 Å². The molecular formula is C15H26ClN3. The van der Waals surface area contributed by atoms with Crippen LogP contribution in [0.4, 0.5) is 0 Å². The lowest BCUT2D eigenvalue weighted by Gasteiger charge is -2.35. The van der Waals surface area contributed by atoms with Crippen molar-refractivity contribution < 1.29 is 0 Å². The summed E-state index contributed by atoms with van der Waals surface area (Å²) < 4.78 is 2.09. The molecule has 0 spiro atoms. The van der Waals surface area contributed by atoms with Crippen molar-refractivity contribution in [2.24, 2.45) is 11.8 Å². The maximum atomic E-state index is 6.40. The van der Waals surface area contributed by atoms with Gasteiger partial charge in [-0.05, 0) is 44.7 Å². The van der Waals surface area contributed by atoms with E-state index in [1.54, 1.807) is 0 Å². The Kier molecular flexibility index (Phi) is 5.28. The summed E-state index contributed by atoms with van der Waals surface area (Å²) in [5.74, 6) is 2.03. The fourth-order valence-corrected chi connectivity index (χ4v) is 3.63. The minimum Gasteiger partial charge on any atom is -0.317 e. The van der Waals surface area contributed by atoms with Crippen molar-refractivity contribution in [3.05, 3.63) is 16.9 Å². The molecule has 0 aromatic carbocycles. The normalized spacial score (nSPS) is 27.7. The van der Waals surface area contributed by atoms with Gasteiger partial charge in [-0.15, -0.1) is 0 Å². The topological polar surface area (TPSA) is 29.9 Å². The maximum Gasteiger partial charge on any atom is 0.0820 e. The molecule has 1 saturated carbocycles. The van der Waals surface area contributed by atoms with E-state index in [4.69, 9.17) is 11.6 Å². The number of halogens is 1.